The average Bonchev–Trinajstić information content (AvgIpc) is 2.65. The molecule has 0 unspecified atom stereocenters. The zero-order chi connectivity index (χ0) is 19.1. The lowest BCUT2D eigenvalue weighted by molar-refractivity contribution is -0.386. The van der Waals surface area contributed by atoms with E-state index >= 15 is 0 Å². The van der Waals surface area contributed by atoms with E-state index in [9.17, 15) is 15.2 Å². The number of benzene rings is 2. The second-order valence-electron chi connectivity index (χ2n) is 5.13. The van der Waals surface area contributed by atoms with Crippen molar-refractivity contribution in [3.63, 3.8) is 0 Å². The van der Waals surface area contributed by atoms with E-state index in [2.05, 4.69) is 10.5 Å². The predicted octanol–water partition coefficient (Wildman–Crippen LogP) is 2.45. The molecule has 0 radical (unpaired) electrons. The molecule has 0 amide bonds. The molecule has 0 saturated carbocycles. The Labute approximate surface area is 150 Å². The van der Waals surface area contributed by atoms with E-state index in [-0.39, 0.29) is 5.75 Å². The van der Waals surface area contributed by atoms with Crippen LogP contribution in [0.25, 0.3) is 0 Å². The summed E-state index contributed by atoms with van der Waals surface area (Å²) < 4.78 is 15.3. The Hall–Kier alpha value is -3.49. The van der Waals surface area contributed by atoms with E-state index in [1.165, 1.54) is 25.5 Å². The number of phenols is 1. The Morgan fingerprint density at radius 2 is 1.81 bits per heavy atom. The van der Waals surface area contributed by atoms with Gasteiger partial charge in [-0.1, -0.05) is 6.07 Å². The number of nitro benzene ring substituents is 1. The Kier molecular flexibility index (Phi) is 6.20. The van der Waals surface area contributed by atoms with Crippen molar-refractivity contribution in [3.05, 3.63) is 51.6 Å². The number of rotatable bonds is 8. The number of aromatic hydroxyl groups is 1. The second-order valence-corrected chi connectivity index (χ2v) is 5.13. The summed E-state index contributed by atoms with van der Waals surface area (Å²) in [5.74, 6) is 0.714. The molecular weight excluding hydrogens is 342 g/mol. The minimum absolute atomic E-state index is 0.000501. The van der Waals surface area contributed by atoms with Gasteiger partial charge in [-0.05, 0) is 23.8 Å². The Morgan fingerprint density at radius 3 is 2.42 bits per heavy atom. The highest BCUT2D eigenvalue weighted by Crippen LogP contribution is 2.36. The highest BCUT2D eigenvalue weighted by atomic mass is 16.6. The van der Waals surface area contributed by atoms with Crippen LogP contribution in [0.5, 0.6) is 23.0 Å². The van der Waals surface area contributed by atoms with E-state index in [1.54, 1.807) is 20.3 Å². The van der Waals surface area contributed by atoms with Gasteiger partial charge in [0, 0.05) is 11.6 Å². The molecule has 26 heavy (non-hydrogen) atoms. The monoisotopic (exact) mass is 361 g/mol. The summed E-state index contributed by atoms with van der Waals surface area (Å²) in [5, 5.41) is 24.8. The maximum absolute atomic E-state index is 11.0. The van der Waals surface area contributed by atoms with Gasteiger partial charge in [-0.25, -0.2) is 0 Å². The third-order valence-corrected chi connectivity index (χ3v) is 3.53. The third-order valence-electron chi connectivity index (χ3n) is 3.53. The van der Waals surface area contributed by atoms with Crippen LogP contribution in [-0.2, 0) is 6.54 Å². The molecule has 2 N–H and O–H groups in total. The van der Waals surface area contributed by atoms with Gasteiger partial charge in [-0.2, -0.15) is 5.10 Å². The fourth-order valence-electron chi connectivity index (χ4n) is 2.23. The van der Waals surface area contributed by atoms with Gasteiger partial charge in [0.1, 0.15) is 0 Å². The van der Waals surface area contributed by atoms with E-state index in [0.29, 0.717) is 23.6 Å². The normalized spacial score (nSPS) is 10.6. The molecule has 2 aromatic rings. The fraction of sp³-hybridized carbons (Fsp3) is 0.235. The summed E-state index contributed by atoms with van der Waals surface area (Å²) >= 11 is 0. The van der Waals surface area contributed by atoms with Crippen LogP contribution in [-0.4, -0.2) is 37.6 Å². The number of hydrogen-bond donors (Lipinski definition) is 2. The molecule has 0 bridgehead atoms. The van der Waals surface area contributed by atoms with Crippen LogP contribution in [0.4, 0.5) is 5.69 Å². The molecular formula is C17H19N3O6. The number of nitrogens with zero attached hydrogens (tertiary/aromatic N) is 2. The van der Waals surface area contributed by atoms with Gasteiger partial charge in [0.05, 0.1) is 39.0 Å². The lowest BCUT2D eigenvalue weighted by Gasteiger charge is -2.09. The molecule has 0 aromatic heterocycles. The van der Waals surface area contributed by atoms with Gasteiger partial charge in [0.15, 0.2) is 17.2 Å². The number of hydrogen-bond acceptors (Lipinski definition) is 8. The average molecular weight is 361 g/mol. The molecule has 138 valence electrons. The highest BCUT2D eigenvalue weighted by Gasteiger charge is 2.19. The topological polar surface area (TPSA) is 115 Å². The van der Waals surface area contributed by atoms with Crippen molar-refractivity contribution >= 4 is 11.9 Å². The second kappa shape index (κ2) is 8.56. The first-order valence-electron chi connectivity index (χ1n) is 7.52. The largest absolute Gasteiger partial charge is 0.500 e. The number of ether oxygens (including phenoxy) is 3. The maximum atomic E-state index is 11.0. The molecule has 0 saturated heterocycles. The number of methoxy groups -OCH3 is 3. The van der Waals surface area contributed by atoms with Gasteiger partial charge in [0.2, 0.25) is 5.75 Å². The number of nitro groups is 1. The minimum atomic E-state index is -0.688. The summed E-state index contributed by atoms with van der Waals surface area (Å²) in [6.45, 7) is 0.411. The molecule has 2 aromatic carbocycles. The molecule has 9 heteroatoms. The van der Waals surface area contributed by atoms with E-state index < -0.39 is 16.4 Å². The predicted molar refractivity (Wildman–Crippen MR) is 95.3 cm³/mol. The van der Waals surface area contributed by atoms with Gasteiger partial charge in [-0.3, -0.25) is 10.1 Å². The van der Waals surface area contributed by atoms with E-state index in [4.69, 9.17) is 14.2 Å². The lowest BCUT2D eigenvalue weighted by Crippen LogP contribution is -2.06. The molecule has 0 heterocycles. The van der Waals surface area contributed by atoms with Crippen molar-refractivity contribution in [1.29, 1.82) is 0 Å². The molecule has 0 spiro atoms. The van der Waals surface area contributed by atoms with Crippen LogP contribution in [0.3, 0.4) is 0 Å². The Morgan fingerprint density at radius 1 is 1.12 bits per heavy atom. The van der Waals surface area contributed by atoms with Crippen molar-refractivity contribution in [2.24, 2.45) is 5.10 Å². The Balaban J connectivity index is 2.09. The zero-order valence-electron chi connectivity index (χ0n) is 14.6. The third kappa shape index (κ3) is 4.32. The first-order valence-corrected chi connectivity index (χ1v) is 7.52. The fourth-order valence-corrected chi connectivity index (χ4v) is 2.23. The number of phenolic OH excluding ortho intramolecular Hbond substituents is 1. The van der Waals surface area contributed by atoms with Crippen LogP contribution >= 0.6 is 0 Å². The smallest absolute Gasteiger partial charge is 0.315 e. The van der Waals surface area contributed by atoms with E-state index in [0.717, 1.165) is 5.56 Å². The molecule has 0 aliphatic rings. The molecule has 0 fully saturated rings. The van der Waals surface area contributed by atoms with E-state index in [1.807, 2.05) is 12.1 Å². The summed E-state index contributed by atoms with van der Waals surface area (Å²) in [5.41, 5.74) is 3.71. The first-order chi connectivity index (χ1) is 12.5. The van der Waals surface area contributed by atoms with Crippen LogP contribution in [0.2, 0.25) is 0 Å². The molecule has 2 rings (SSSR count). The summed E-state index contributed by atoms with van der Waals surface area (Å²) in [6.07, 6.45) is 1.40. The van der Waals surface area contributed by atoms with Gasteiger partial charge < -0.3 is 24.7 Å². The maximum Gasteiger partial charge on any atom is 0.315 e. The molecule has 9 nitrogen and oxygen atoms in total. The van der Waals surface area contributed by atoms with Crippen molar-refractivity contribution in [2.45, 2.75) is 6.54 Å². The standard InChI is InChI=1S/C17H19N3O6/c1-24-14-5-4-11(7-15(14)25-2)9-18-19-10-12-6-13(20(22)23)17(21)16(8-12)26-3/h4-8,10,18,21H,9H2,1-3H3/b19-10+. The van der Waals surface area contributed by atoms with Crippen molar-refractivity contribution in [2.75, 3.05) is 21.3 Å². The van der Waals surface area contributed by atoms with Crippen molar-refractivity contribution in [1.82, 2.24) is 5.43 Å². The first kappa shape index (κ1) is 18.8. The molecule has 0 aliphatic heterocycles. The Bertz CT molecular complexity index is 822. The highest BCUT2D eigenvalue weighted by molar-refractivity contribution is 5.83. The minimum Gasteiger partial charge on any atom is -0.500 e. The summed E-state index contributed by atoms with van der Waals surface area (Å²) in [6, 6.07) is 8.12. The van der Waals surface area contributed by atoms with Gasteiger partial charge >= 0.3 is 5.69 Å². The molecule has 0 aliphatic carbocycles. The van der Waals surface area contributed by atoms with Gasteiger partial charge in [0.25, 0.3) is 0 Å². The quantitative estimate of drug-likeness (QED) is 0.421. The van der Waals surface area contributed by atoms with Crippen LogP contribution in [0.15, 0.2) is 35.4 Å². The zero-order valence-corrected chi connectivity index (χ0v) is 14.6. The van der Waals surface area contributed by atoms with Gasteiger partial charge in [-0.15, -0.1) is 0 Å². The summed E-state index contributed by atoms with van der Waals surface area (Å²) in [7, 11) is 4.43. The van der Waals surface area contributed by atoms with Crippen molar-refractivity contribution in [3.8, 4) is 23.0 Å². The summed E-state index contributed by atoms with van der Waals surface area (Å²) in [4.78, 5) is 10.3. The van der Waals surface area contributed by atoms with Crippen molar-refractivity contribution < 1.29 is 24.2 Å². The van der Waals surface area contributed by atoms with Crippen LogP contribution in [0, 0.1) is 10.1 Å². The van der Waals surface area contributed by atoms with Crippen LogP contribution < -0.4 is 19.6 Å². The van der Waals surface area contributed by atoms with Crippen LogP contribution in [0.1, 0.15) is 11.1 Å². The lowest BCUT2D eigenvalue weighted by atomic mass is 10.2. The molecule has 0 atom stereocenters. The number of nitrogens with one attached hydrogen (secondary N) is 1. The number of hydrazone groups is 1. The SMILES string of the molecule is COc1ccc(CN/N=C/c2cc(OC)c(O)c([N+](=O)[O-])c2)cc1OC.